The zero-order valence-electron chi connectivity index (χ0n) is 18.8. The quantitative estimate of drug-likeness (QED) is 0.458. The average Bonchev–Trinajstić information content (AvgIpc) is 3.54. The van der Waals surface area contributed by atoms with Crippen LogP contribution < -0.4 is 9.64 Å². The number of benzene rings is 2. The van der Waals surface area contributed by atoms with Crippen LogP contribution in [0.2, 0.25) is 0 Å². The fourth-order valence-corrected chi connectivity index (χ4v) is 4.24. The number of carbonyl (C=O) groups excluding carboxylic acids is 1. The average molecular weight is 443 g/mol. The molecule has 0 radical (unpaired) electrons. The zero-order chi connectivity index (χ0) is 22.8. The van der Waals surface area contributed by atoms with Gasteiger partial charge >= 0.3 is 0 Å². The second-order valence-corrected chi connectivity index (χ2v) is 8.09. The van der Waals surface area contributed by atoms with Crippen molar-refractivity contribution in [2.24, 2.45) is 0 Å². The Morgan fingerprint density at radius 3 is 2.52 bits per heavy atom. The molecule has 5 rings (SSSR count). The first kappa shape index (κ1) is 20.9. The fraction of sp³-hybridized carbons (Fsp3) is 0.231. The lowest BCUT2D eigenvalue weighted by atomic mass is 10.2. The summed E-state index contributed by atoms with van der Waals surface area (Å²) in [5.41, 5.74) is 4.17. The largest absolute Gasteiger partial charge is 0.495 e. The van der Waals surface area contributed by atoms with E-state index in [1.807, 2.05) is 72.5 Å². The number of hydrogen-bond donors (Lipinski definition) is 0. The van der Waals surface area contributed by atoms with Gasteiger partial charge in [-0.1, -0.05) is 24.3 Å². The number of amides is 1. The maximum Gasteiger partial charge on any atom is 0.272 e. The number of ether oxygens (including phenoxy) is 1. The van der Waals surface area contributed by atoms with Gasteiger partial charge in [-0.2, -0.15) is 5.10 Å². The molecule has 0 unspecified atom stereocenters. The van der Waals surface area contributed by atoms with Crippen LogP contribution in [0.25, 0.3) is 17.1 Å². The Labute approximate surface area is 192 Å². The number of aryl methyl sites for hydroxylation is 1. The van der Waals surface area contributed by atoms with E-state index >= 15 is 0 Å². The summed E-state index contributed by atoms with van der Waals surface area (Å²) in [7, 11) is 1.68. The summed E-state index contributed by atoms with van der Waals surface area (Å²) >= 11 is 0. The third-order valence-corrected chi connectivity index (χ3v) is 5.94. The first-order valence-corrected chi connectivity index (χ1v) is 11.0. The molecule has 0 bridgehead atoms. The lowest BCUT2D eigenvalue weighted by Gasteiger charge is -2.36. The van der Waals surface area contributed by atoms with Crippen LogP contribution >= 0.6 is 0 Å². The number of piperazine rings is 1. The highest BCUT2D eigenvalue weighted by atomic mass is 16.5. The smallest absolute Gasteiger partial charge is 0.272 e. The van der Waals surface area contributed by atoms with Gasteiger partial charge < -0.3 is 19.0 Å². The van der Waals surface area contributed by atoms with Crippen molar-refractivity contribution < 1.29 is 13.9 Å². The van der Waals surface area contributed by atoms with Gasteiger partial charge in [0, 0.05) is 32.2 Å². The van der Waals surface area contributed by atoms with E-state index in [1.165, 1.54) is 0 Å². The van der Waals surface area contributed by atoms with Gasteiger partial charge in [-0.05, 0) is 48.9 Å². The van der Waals surface area contributed by atoms with Crippen LogP contribution in [-0.4, -0.2) is 53.9 Å². The standard InChI is InChI=1S/C26H26N4O3/c1-19-7-5-8-20(17-19)30-23(18-21(27-30)24-11-6-16-33-24)26(31)29-14-12-28(13-15-29)22-9-3-4-10-25(22)32-2/h3-11,16-18H,12-15H2,1-2H3. The number of hydrogen-bond acceptors (Lipinski definition) is 5. The molecule has 0 saturated carbocycles. The van der Waals surface area contributed by atoms with Gasteiger partial charge in [-0.25, -0.2) is 4.68 Å². The molecule has 1 amide bonds. The number of methoxy groups -OCH3 is 1. The van der Waals surface area contributed by atoms with Gasteiger partial charge in [-0.15, -0.1) is 0 Å². The molecule has 1 saturated heterocycles. The van der Waals surface area contributed by atoms with E-state index in [0.29, 0.717) is 30.2 Å². The fourth-order valence-electron chi connectivity index (χ4n) is 4.24. The Hall–Kier alpha value is -4.00. The third-order valence-electron chi connectivity index (χ3n) is 5.94. The minimum absolute atomic E-state index is 0.0403. The number of furan rings is 1. The lowest BCUT2D eigenvalue weighted by Crippen LogP contribution is -2.49. The summed E-state index contributed by atoms with van der Waals surface area (Å²) < 4.78 is 12.8. The highest BCUT2D eigenvalue weighted by molar-refractivity contribution is 5.94. The molecule has 3 heterocycles. The van der Waals surface area contributed by atoms with E-state index in [2.05, 4.69) is 11.0 Å². The van der Waals surface area contributed by atoms with E-state index in [-0.39, 0.29) is 5.91 Å². The maximum atomic E-state index is 13.6. The molecule has 0 spiro atoms. The number of anilines is 1. The van der Waals surface area contributed by atoms with Gasteiger partial charge in [0.05, 0.1) is 24.7 Å². The summed E-state index contributed by atoms with van der Waals surface area (Å²) in [6.07, 6.45) is 1.61. The molecule has 2 aromatic carbocycles. The zero-order valence-corrected chi connectivity index (χ0v) is 18.8. The van der Waals surface area contributed by atoms with E-state index in [4.69, 9.17) is 14.3 Å². The minimum atomic E-state index is -0.0403. The predicted molar refractivity (Wildman–Crippen MR) is 127 cm³/mol. The number of rotatable bonds is 5. The second-order valence-electron chi connectivity index (χ2n) is 8.09. The first-order valence-electron chi connectivity index (χ1n) is 11.0. The molecule has 33 heavy (non-hydrogen) atoms. The molecular formula is C26H26N4O3. The third kappa shape index (κ3) is 4.09. The van der Waals surface area contributed by atoms with E-state index < -0.39 is 0 Å². The van der Waals surface area contributed by atoms with Crippen LogP contribution in [0.15, 0.2) is 77.4 Å². The maximum absolute atomic E-state index is 13.6. The molecule has 1 aliphatic rings. The van der Waals surface area contributed by atoms with Crippen LogP contribution in [0.4, 0.5) is 5.69 Å². The Morgan fingerprint density at radius 1 is 0.970 bits per heavy atom. The highest BCUT2D eigenvalue weighted by Gasteiger charge is 2.27. The lowest BCUT2D eigenvalue weighted by molar-refractivity contribution is 0.0737. The van der Waals surface area contributed by atoms with Crippen molar-refractivity contribution in [1.82, 2.24) is 14.7 Å². The van der Waals surface area contributed by atoms with Gasteiger partial charge in [0.15, 0.2) is 5.76 Å². The van der Waals surface area contributed by atoms with Crippen molar-refractivity contribution in [3.63, 3.8) is 0 Å². The van der Waals surface area contributed by atoms with Gasteiger partial charge in [0.2, 0.25) is 0 Å². The van der Waals surface area contributed by atoms with Gasteiger partial charge in [0.1, 0.15) is 17.1 Å². The van der Waals surface area contributed by atoms with Crippen LogP contribution in [-0.2, 0) is 0 Å². The number of aromatic nitrogens is 2. The summed E-state index contributed by atoms with van der Waals surface area (Å²) in [5, 5.41) is 4.71. The Morgan fingerprint density at radius 2 is 1.79 bits per heavy atom. The molecule has 2 aromatic heterocycles. The second kappa shape index (κ2) is 8.86. The van der Waals surface area contributed by atoms with Crippen molar-refractivity contribution in [2.75, 3.05) is 38.2 Å². The Bertz CT molecular complexity index is 1250. The van der Waals surface area contributed by atoms with Crippen LogP contribution in [0.1, 0.15) is 16.1 Å². The first-order chi connectivity index (χ1) is 16.1. The molecule has 0 N–H and O–H groups in total. The van der Waals surface area contributed by atoms with Crippen molar-refractivity contribution in [3.05, 3.63) is 84.3 Å². The summed E-state index contributed by atoms with van der Waals surface area (Å²) in [6.45, 7) is 4.72. The highest BCUT2D eigenvalue weighted by Crippen LogP contribution is 2.29. The van der Waals surface area contributed by atoms with Gasteiger partial charge in [-0.3, -0.25) is 4.79 Å². The molecule has 7 heteroatoms. The van der Waals surface area contributed by atoms with Crippen molar-refractivity contribution >= 4 is 11.6 Å². The Balaban J connectivity index is 1.41. The molecule has 1 aliphatic heterocycles. The number of nitrogens with zero attached hydrogens (tertiary/aromatic N) is 4. The molecule has 4 aromatic rings. The molecule has 7 nitrogen and oxygen atoms in total. The van der Waals surface area contributed by atoms with Crippen molar-refractivity contribution in [1.29, 1.82) is 0 Å². The van der Waals surface area contributed by atoms with Crippen molar-refractivity contribution in [2.45, 2.75) is 6.92 Å². The van der Waals surface area contributed by atoms with Gasteiger partial charge in [0.25, 0.3) is 5.91 Å². The molecule has 1 fully saturated rings. The van der Waals surface area contributed by atoms with Crippen LogP contribution in [0.3, 0.4) is 0 Å². The molecule has 0 atom stereocenters. The minimum Gasteiger partial charge on any atom is -0.495 e. The SMILES string of the molecule is COc1ccccc1N1CCN(C(=O)c2cc(-c3ccco3)nn2-c2cccc(C)c2)CC1. The summed E-state index contributed by atoms with van der Waals surface area (Å²) in [5.74, 6) is 1.44. The predicted octanol–water partition coefficient (Wildman–Crippen LogP) is 4.41. The molecule has 168 valence electrons. The summed E-state index contributed by atoms with van der Waals surface area (Å²) in [6, 6.07) is 21.5. The monoisotopic (exact) mass is 442 g/mol. The normalized spacial score (nSPS) is 13.9. The van der Waals surface area contributed by atoms with E-state index in [0.717, 1.165) is 35.8 Å². The Kier molecular flexibility index (Phi) is 5.60. The van der Waals surface area contributed by atoms with Crippen LogP contribution in [0.5, 0.6) is 5.75 Å². The molecular weight excluding hydrogens is 416 g/mol. The number of para-hydroxylation sites is 2. The summed E-state index contributed by atoms with van der Waals surface area (Å²) in [4.78, 5) is 17.8. The topological polar surface area (TPSA) is 63.7 Å². The van der Waals surface area contributed by atoms with E-state index in [1.54, 1.807) is 18.1 Å². The molecule has 0 aliphatic carbocycles. The van der Waals surface area contributed by atoms with E-state index in [9.17, 15) is 4.79 Å². The number of carbonyl (C=O) groups is 1. The van der Waals surface area contributed by atoms with Crippen molar-refractivity contribution in [3.8, 4) is 22.9 Å². The van der Waals surface area contributed by atoms with Crippen LogP contribution in [0, 0.1) is 6.92 Å².